The number of amides is 1. The van der Waals surface area contributed by atoms with Crippen LogP contribution < -0.4 is 5.32 Å². The fourth-order valence-corrected chi connectivity index (χ4v) is 2.31. The number of esters is 1. The van der Waals surface area contributed by atoms with Crippen LogP contribution in [0.15, 0.2) is 24.3 Å². The lowest BCUT2D eigenvalue weighted by Gasteiger charge is -2.17. The predicted octanol–water partition coefficient (Wildman–Crippen LogP) is 2.00. The van der Waals surface area contributed by atoms with Crippen molar-refractivity contribution in [2.45, 2.75) is 44.8 Å². The minimum Gasteiger partial charge on any atom is -0.507 e. The van der Waals surface area contributed by atoms with E-state index < -0.39 is 12.1 Å². The molecule has 0 unspecified atom stereocenters. The number of carbonyl (C=O) groups is 2. The van der Waals surface area contributed by atoms with Gasteiger partial charge < -0.3 is 15.2 Å². The maximum Gasteiger partial charge on any atom is 0.342 e. The summed E-state index contributed by atoms with van der Waals surface area (Å²) in [6.07, 6.45) is 3.33. The zero-order chi connectivity index (χ0) is 14.5. The van der Waals surface area contributed by atoms with Gasteiger partial charge in [-0.1, -0.05) is 25.0 Å². The highest BCUT2D eigenvalue weighted by Crippen LogP contribution is 2.19. The van der Waals surface area contributed by atoms with Crippen molar-refractivity contribution in [2.24, 2.45) is 0 Å². The second kappa shape index (κ2) is 6.41. The minimum atomic E-state index is -0.872. The van der Waals surface area contributed by atoms with Crippen molar-refractivity contribution in [3.05, 3.63) is 29.8 Å². The van der Waals surface area contributed by atoms with E-state index >= 15 is 0 Å². The van der Waals surface area contributed by atoms with Crippen molar-refractivity contribution in [1.29, 1.82) is 0 Å². The molecular weight excluding hydrogens is 258 g/mol. The number of carbonyl (C=O) groups excluding carboxylic acids is 2. The van der Waals surface area contributed by atoms with Crippen LogP contribution in [0.1, 0.15) is 43.0 Å². The summed E-state index contributed by atoms with van der Waals surface area (Å²) in [5.41, 5.74) is 0.0630. The lowest BCUT2D eigenvalue weighted by Crippen LogP contribution is -2.40. The Morgan fingerprint density at radius 2 is 1.95 bits per heavy atom. The highest BCUT2D eigenvalue weighted by atomic mass is 16.5. The second-order valence-electron chi connectivity index (χ2n) is 5.05. The van der Waals surface area contributed by atoms with Gasteiger partial charge >= 0.3 is 5.97 Å². The van der Waals surface area contributed by atoms with Crippen LogP contribution in [0.25, 0.3) is 0 Å². The van der Waals surface area contributed by atoms with Crippen LogP contribution in [0.3, 0.4) is 0 Å². The molecule has 1 fully saturated rings. The summed E-state index contributed by atoms with van der Waals surface area (Å²) < 4.78 is 5.08. The summed E-state index contributed by atoms with van der Waals surface area (Å²) in [5.74, 6) is -1.14. The monoisotopic (exact) mass is 277 g/mol. The third-order valence-corrected chi connectivity index (χ3v) is 3.48. The first-order valence-electron chi connectivity index (χ1n) is 6.87. The smallest absolute Gasteiger partial charge is 0.342 e. The van der Waals surface area contributed by atoms with Gasteiger partial charge in [-0.2, -0.15) is 0 Å². The molecule has 20 heavy (non-hydrogen) atoms. The van der Waals surface area contributed by atoms with Gasteiger partial charge in [-0.05, 0) is 31.9 Å². The first kappa shape index (κ1) is 14.4. The Morgan fingerprint density at radius 3 is 2.60 bits per heavy atom. The molecule has 0 heterocycles. The van der Waals surface area contributed by atoms with Gasteiger partial charge in [0.2, 0.25) is 0 Å². The van der Waals surface area contributed by atoms with Gasteiger partial charge in [0.1, 0.15) is 11.3 Å². The van der Waals surface area contributed by atoms with Gasteiger partial charge in [0.05, 0.1) is 0 Å². The van der Waals surface area contributed by atoms with Gasteiger partial charge in [-0.15, -0.1) is 0 Å². The summed E-state index contributed by atoms with van der Waals surface area (Å²) >= 11 is 0. The molecule has 1 aliphatic rings. The van der Waals surface area contributed by atoms with Crippen molar-refractivity contribution in [3.63, 3.8) is 0 Å². The van der Waals surface area contributed by atoms with Crippen molar-refractivity contribution >= 4 is 11.9 Å². The number of hydrogen-bond acceptors (Lipinski definition) is 4. The molecule has 2 rings (SSSR count). The molecule has 0 radical (unpaired) electrons. The second-order valence-corrected chi connectivity index (χ2v) is 5.05. The number of phenols is 1. The van der Waals surface area contributed by atoms with E-state index in [-0.39, 0.29) is 23.3 Å². The summed E-state index contributed by atoms with van der Waals surface area (Å²) in [7, 11) is 0. The summed E-state index contributed by atoms with van der Waals surface area (Å²) in [5, 5.41) is 12.4. The number of ether oxygens (including phenoxy) is 1. The lowest BCUT2D eigenvalue weighted by molar-refractivity contribution is -0.129. The maximum absolute atomic E-state index is 11.9. The largest absolute Gasteiger partial charge is 0.507 e. The normalized spacial score (nSPS) is 16.6. The highest BCUT2D eigenvalue weighted by Gasteiger charge is 2.24. The molecule has 1 aromatic carbocycles. The first-order chi connectivity index (χ1) is 9.58. The average Bonchev–Trinajstić information content (AvgIpc) is 2.91. The number of phenolic OH excluding ortho intramolecular Hbond substituents is 1. The quantitative estimate of drug-likeness (QED) is 0.825. The third-order valence-electron chi connectivity index (χ3n) is 3.48. The molecule has 0 aliphatic heterocycles. The van der Waals surface area contributed by atoms with Crippen molar-refractivity contribution in [3.8, 4) is 5.75 Å². The molecule has 0 saturated heterocycles. The molecule has 2 N–H and O–H groups in total. The lowest BCUT2D eigenvalue weighted by atomic mass is 10.2. The molecule has 1 aromatic rings. The maximum atomic E-state index is 11.9. The van der Waals surface area contributed by atoms with Crippen LogP contribution in [0.2, 0.25) is 0 Å². The molecule has 0 bridgehead atoms. The van der Waals surface area contributed by atoms with Crippen LogP contribution in [0, 0.1) is 0 Å². The topological polar surface area (TPSA) is 75.6 Å². The Balaban J connectivity index is 1.90. The van der Waals surface area contributed by atoms with Crippen molar-refractivity contribution < 1.29 is 19.4 Å². The van der Waals surface area contributed by atoms with E-state index in [0.29, 0.717) is 0 Å². The molecule has 0 spiro atoms. The van der Waals surface area contributed by atoms with E-state index in [0.717, 1.165) is 25.7 Å². The van der Waals surface area contributed by atoms with Crippen LogP contribution in [-0.2, 0) is 9.53 Å². The zero-order valence-corrected chi connectivity index (χ0v) is 11.5. The van der Waals surface area contributed by atoms with E-state index in [9.17, 15) is 14.7 Å². The number of para-hydroxylation sites is 1. The van der Waals surface area contributed by atoms with E-state index in [4.69, 9.17) is 4.74 Å². The Kier molecular flexibility index (Phi) is 4.61. The fourth-order valence-electron chi connectivity index (χ4n) is 2.31. The number of benzene rings is 1. The van der Waals surface area contributed by atoms with Gasteiger partial charge in [0.25, 0.3) is 5.91 Å². The molecule has 1 atom stereocenters. The highest BCUT2D eigenvalue weighted by molar-refractivity contribution is 5.94. The molecule has 0 aromatic heterocycles. The standard InChI is InChI=1S/C15H19NO4/c1-10(14(18)16-11-6-2-3-7-11)20-15(19)12-8-4-5-9-13(12)17/h4-5,8-11,17H,2-3,6-7H2,1H3,(H,16,18)/t10-/m0/s1. The van der Waals surface area contributed by atoms with Gasteiger partial charge in [0, 0.05) is 6.04 Å². The van der Waals surface area contributed by atoms with Crippen LogP contribution in [0.5, 0.6) is 5.75 Å². The Morgan fingerprint density at radius 1 is 1.30 bits per heavy atom. The molecule has 1 amide bonds. The first-order valence-corrected chi connectivity index (χ1v) is 6.87. The van der Waals surface area contributed by atoms with E-state index in [1.165, 1.54) is 19.1 Å². The van der Waals surface area contributed by atoms with Crippen LogP contribution in [0.4, 0.5) is 0 Å². The Labute approximate surface area is 117 Å². The number of rotatable bonds is 4. The Hall–Kier alpha value is -2.04. The van der Waals surface area contributed by atoms with E-state index in [1.54, 1.807) is 12.1 Å². The number of hydrogen-bond donors (Lipinski definition) is 2. The van der Waals surface area contributed by atoms with E-state index in [2.05, 4.69) is 5.32 Å². The third kappa shape index (κ3) is 3.50. The molecule has 5 heteroatoms. The van der Waals surface area contributed by atoms with Crippen molar-refractivity contribution in [2.75, 3.05) is 0 Å². The van der Waals surface area contributed by atoms with Gasteiger partial charge in [-0.25, -0.2) is 4.79 Å². The van der Waals surface area contributed by atoms with Crippen LogP contribution >= 0.6 is 0 Å². The minimum absolute atomic E-state index is 0.0630. The van der Waals surface area contributed by atoms with Crippen molar-refractivity contribution in [1.82, 2.24) is 5.32 Å². The number of aromatic hydroxyl groups is 1. The summed E-state index contributed by atoms with van der Waals surface area (Å²) in [6, 6.07) is 6.29. The average molecular weight is 277 g/mol. The summed E-state index contributed by atoms with van der Waals surface area (Å²) in [4.78, 5) is 23.8. The molecule has 108 valence electrons. The van der Waals surface area contributed by atoms with Crippen LogP contribution in [-0.4, -0.2) is 29.1 Å². The number of nitrogens with one attached hydrogen (secondary N) is 1. The SMILES string of the molecule is C[C@H](OC(=O)c1ccccc1O)C(=O)NC1CCCC1. The Bertz CT molecular complexity index is 494. The summed E-state index contributed by atoms with van der Waals surface area (Å²) in [6.45, 7) is 1.53. The fraction of sp³-hybridized carbons (Fsp3) is 0.467. The van der Waals surface area contributed by atoms with Gasteiger partial charge in [0.15, 0.2) is 6.10 Å². The zero-order valence-electron chi connectivity index (χ0n) is 11.5. The van der Waals surface area contributed by atoms with Gasteiger partial charge in [-0.3, -0.25) is 4.79 Å². The predicted molar refractivity (Wildman–Crippen MR) is 73.4 cm³/mol. The molecular formula is C15H19NO4. The molecule has 5 nitrogen and oxygen atoms in total. The van der Waals surface area contributed by atoms with E-state index in [1.807, 2.05) is 0 Å². The molecule has 1 aliphatic carbocycles. The molecule has 1 saturated carbocycles.